The summed E-state index contributed by atoms with van der Waals surface area (Å²) in [6.07, 6.45) is 1.21. The van der Waals surface area contributed by atoms with Gasteiger partial charge in [-0.05, 0) is 49.2 Å². The molecule has 1 aliphatic heterocycles. The van der Waals surface area contributed by atoms with Crippen molar-refractivity contribution in [3.05, 3.63) is 42.5 Å². The number of hydrogen-bond acceptors (Lipinski definition) is 5. The van der Waals surface area contributed by atoms with Gasteiger partial charge in [0.05, 0.1) is 12.5 Å². The van der Waals surface area contributed by atoms with Gasteiger partial charge in [-0.3, -0.25) is 9.69 Å². The lowest BCUT2D eigenvalue weighted by Crippen LogP contribution is -2.44. The third-order valence-corrected chi connectivity index (χ3v) is 4.76. The van der Waals surface area contributed by atoms with Gasteiger partial charge < -0.3 is 14.6 Å². The van der Waals surface area contributed by atoms with E-state index in [-0.39, 0.29) is 18.5 Å². The highest BCUT2D eigenvalue weighted by Crippen LogP contribution is 2.21. The molecule has 1 heterocycles. The Hall–Kier alpha value is -2.11. The van der Waals surface area contributed by atoms with Gasteiger partial charge in [0.2, 0.25) is 0 Å². The molecule has 140 valence electrons. The molecule has 2 aromatic carbocycles. The standard InChI is InChI=1S/C21H27NO4/c1-2-25-21(24)18-8-5-11-22(13-18)14-19(23)15-26-20-10-9-16-6-3-4-7-17(16)12-20/h3-4,6-7,9-10,12,18-19,23H,2,5,8,11,13-15H2,1H3/t18-,19+/m1/s1. The van der Waals surface area contributed by atoms with E-state index in [0.29, 0.717) is 19.7 Å². The molecule has 5 nitrogen and oxygen atoms in total. The number of nitrogens with zero attached hydrogens (tertiary/aromatic N) is 1. The number of rotatable bonds is 7. The first-order valence-corrected chi connectivity index (χ1v) is 9.34. The number of esters is 1. The molecule has 0 bridgehead atoms. The Labute approximate surface area is 154 Å². The molecule has 0 amide bonds. The van der Waals surface area contributed by atoms with Crippen LogP contribution in [-0.2, 0) is 9.53 Å². The molecular formula is C21H27NO4. The number of piperidine rings is 1. The zero-order chi connectivity index (χ0) is 18.4. The third-order valence-electron chi connectivity index (χ3n) is 4.76. The van der Waals surface area contributed by atoms with Crippen molar-refractivity contribution in [2.75, 3.05) is 32.8 Å². The van der Waals surface area contributed by atoms with Gasteiger partial charge in [0, 0.05) is 13.1 Å². The summed E-state index contributed by atoms with van der Waals surface area (Å²) in [7, 11) is 0. The van der Waals surface area contributed by atoms with Crippen molar-refractivity contribution in [1.29, 1.82) is 0 Å². The Balaban J connectivity index is 1.48. The van der Waals surface area contributed by atoms with Crippen LogP contribution < -0.4 is 4.74 Å². The average molecular weight is 357 g/mol. The van der Waals surface area contributed by atoms with Gasteiger partial charge >= 0.3 is 5.97 Å². The molecule has 0 radical (unpaired) electrons. The third kappa shape index (κ3) is 4.96. The zero-order valence-corrected chi connectivity index (χ0v) is 15.3. The van der Waals surface area contributed by atoms with E-state index in [2.05, 4.69) is 11.0 Å². The largest absolute Gasteiger partial charge is 0.491 e. The summed E-state index contributed by atoms with van der Waals surface area (Å²) < 4.78 is 10.9. The topological polar surface area (TPSA) is 59.0 Å². The molecule has 1 fully saturated rings. The molecule has 3 rings (SSSR count). The van der Waals surface area contributed by atoms with Gasteiger partial charge in [0.1, 0.15) is 18.5 Å². The van der Waals surface area contributed by atoms with E-state index >= 15 is 0 Å². The minimum atomic E-state index is -0.595. The molecule has 0 unspecified atom stereocenters. The highest BCUT2D eigenvalue weighted by Gasteiger charge is 2.27. The highest BCUT2D eigenvalue weighted by molar-refractivity contribution is 5.83. The van der Waals surface area contributed by atoms with E-state index in [1.54, 1.807) is 0 Å². The van der Waals surface area contributed by atoms with E-state index in [4.69, 9.17) is 9.47 Å². The molecule has 2 atom stereocenters. The smallest absolute Gasteiger partial charge is 0.310 e. The number of aliphatic hydroxyl groups is 1. The van der Waals surface area contributed by atoms with Crippen LogP contribution in [0.25, 0.3) is 10.8 Å². The van der Waals surface area contributed by atoms with Crippen LogP contribution in [0.3, 0.4) is 0 Å². The van der Waals surface area contributed by atoms with Gasteiger partial charge in [-0.1, -0.05) is 30.3 Å². The van der Waals surface area contributed by atoms with Crippen LogP contribution in [0.5, 0.6) is 5.75 Å². The van der Waals surface area contributed by atoms with Crippen molar-refractivity contribution in [2.45, 2.75) is 25.9 Å². The lowest BCUT2D eigenvalue weighted by Gasteiger charge is -2.32. The molecule has 0 saturated carbocycles. The van der Waals surface area contributed by atoms with Crippen molar-refractivity contribution >= 4 is 16.7 Å². The second-order valence-electron chi connectivity index (χ2n) is 6.82. The van der Waals surface area contributed by atoms with Crippen molar-refractivity contribution in [1.82, 2.24) is 4.90 Å². The first kappa shape index (κ1) is 18.7. The van der Waals surface area contributed by atoms with Gasteiger partial charge in [-0.15, -0.1) is 0 Å². The summed E-state index contributed by atoms with van der Waals surface area (Å²) in [6.45, 7) is 4.52. The summed E-state index contributed by atoms with van der Waals surface area (Å²) in [4.78, 5) is 14.0. The molecule has 5 heteroatoms. The second kappa shape index (κ2) is 9.01. The van der Waals surface area contributed by atoms with Crippen LogP contribution in [0.4, 0.5) is 0 Å². The quantitative estimate of drug-likeness (QED) is 0.772. The SMILES string of the molecule is CCOC(=O)[C@@H]1CCCN(C[C@H](O)COc2ccc3ccccc3c2)C1. The molecule has 2 aromatic rings. The molecular weight excluding hydrogens is 330 g/mol. The number of benzene rings is 2. The Kier molecular flexibility index (Phi) is 6.47. The van der Waals surface area contributed by atoms with Crippen molar-refractivity contribution < 1.29 is 19.4 Å². The van der Waals surface area contributed by atoms with Crippen molar-refractivity contribution in [3.8, 4) is 5.75 Å². The van der Waals surface area contributed by atoms with Crippen molar-refractivity contribution in [2.24, 2.45) is 5.92 Å². The summed E-state index contributed by atoms with van der Waals surface area (Å²) in [5.74, 6) is 0.544. The Bertz CT molecular complexity index is 733. The normalized spacial score (nSPS) is 19.2. The number of ether oxygens (including phenoxy) is 2. The van der Waals surface area contributed by atoms with E-state index in [1.165, 1.54) is 5.39 Å². The van der Waals surface area contributed by atoms with Crippen LogP contribution in [0.2, 0.25) is 0 Å². The molecule has 0 spiro atoms. The summed E-state index contributed by atoms with van der Waals surface area (Å²) in [5, 5.41) is 12.6. The number of hydrogen-bond donors (Lipinski definition) is 1. The van der Waals surface area contributed by atoms with Gasteiger partial charge in [0.25, 0.3) is 0 Å². The minimum Gasteiger partial charge on any atom is -0.491 e. The summed E-state index contributed by atoms with van der Waals surface area (Å²) in [5.41, 5.74) is 0. The molecule has 1 saturated heterocycles. The van der Waals surface area contributed by atoms with E-state index in [9.17, 15) is 9.90 Å². The fraction of sp³-hybridized carbons (Fsp3) is 0.476. The number of β-amino-alcohol motifs (C(OH)–C–C–N with tert-alkyl or cyclic N) is 1. The van der Waals surface area contributed by atoms with E-state index in [1.807, 2.05) is 43.3 Å². The highest BCUT2D eigenvalue weighted by atomic mass is 16.5. The van der Waals surface area contributed by atoms with Gasteiger partial charge in [-0.25, -0.2) is 0 Å². The monoisotopic (exact) mass is 357 g/mol. The molecule has 1 aliphatic rings. The lowest BCUT2D eigenvalue weighted by atomic mass is 9.98. The summed E-state index contributed by atoms with van der Waals surface area (Å²) in [6, 6.07) is 14.0. The molecule has 1 N–H and O–H groups in total. The van der Waals surface area contributed by atoms with E-state index in [0.717, 1.165) is 30.5 Å². The van der Waals surface area contributed by atoms with E-state index < -0.39 is 6.10 Å². The Morgan fingerprint density at radius 2 is 2.08 bits per heavy atom. The number of carbonyl (C=O) groups is 1. The number of carbonyl (C=O) groups excluding carboxylic acids is 1. The number of aliphatic hydroxyl groups excluding tert-OH is 1. The second-order valence-corrected chi connectivity index (χ2v) is 6.82. The minimum absolute atomic E-state index is 0.0858. The number of likely N-dealkylation sites (tertiary alicyclic amines) is 1. The van der Waals surface area contributed by atoms with Gasteiger partial charge in [-0.2, -0.15) is 0 Å². The Morgan fingerprint density at radius 3 is 2.88 bits per heavy atom. The van der Waals surface area contributed by atoms with Crippen LogP contribution >= 0.6 is 0 Å². The maximum atomic E-state index is 11.9. The van der Waals surface area contributed by atoms with Gasteiger partial charge in [0.15, 0.2) is 0 Å². The fourth-order valence-corrected chi connectivity index (χ4v) is 3.47. The zero-order valence-electron chi connectivity index (χ0n) is 15.3. The predicted molar refractivity (Wildman–Crippen MR) is 101 cm³/mol. The number of fused-ring (bicyclic) bond motifs is 1. The van der Waals surface area contributed by atoms with Crippen LogP contribution in [0.1, 0.15) is 19.8 Å². The average Bonchev–Trinajstić information content (AvgIpc) is 2.66. The molecule has 26 heavy (non-hydrogen) atoms. The van der Waals surface area contributed by atoms with Crippen LogP contribution in [0, 0.1) is 5.92 Å². The lowest BCUT2D eigenvalue weighted by molar-refractivity contribution is -0.150. The first-order chi connectivity index (χ1) is 12.7. The first-order valence-electron chi connectivity index (χ1n) is 9.34. The maximum Gasteiger partial charge on any atom is 0.310 e. The van der Waals surface area contributed by atoms with Crippen molar-refractivity contribution in [3.63, 3.8) is 0 Å². The Morgan fingerprint density at radius 1 is 1.27 bits per heavy atom. The maximum absolute atomic E-state index is 11.9. The molecule has 0 aromatic heterocycles. The summed E-state index contributed by atoms with van der Waals surface area (Å²) >= 11 is 0. The van der Waals surface area contributed by atoms with Crippen LogP contribution in [-0.4, -0.2) is 54.9 Å². The van der Waals surface area contributed by atoms with Crippen LogP contribution in [0.15, 0.2) is 42.5 Å². The molecule has 0 aliphatic carbocycles. The fourth-order valence-electron chi connectivity index (χ4n) is 3.47. The predicted octanol–water partition coefficient (Wildman–Crippen LogP) is 2.85.